The summed E-state index contributed by atoms with van der Waals surface area (Å²) in [5, 5.41) is 23.2. The largest absolute Gasteiger partial charge is 0.481 e. The molecule has 0 spiro atoms. The standard InChI is InChI=1S/C11H20N2O4/c14-9-4-1-3-8(9)7-13-11(17)12-6-2-5-10(15)16/h8-9,14H,1-7H2,(H,15,16)(H2,12,13,17)/t8-,9+/m1/s1. The van der Waals surface area contributed by atoms with Crippen molar-refractivity contribution in [2.24, 2.45) is 5.92 Å². The summed E-state index contributed by atoms with van der Waals surface area (Å²) in [6, 6.07) is -0.297. The predicted molar refractivity (Wildman–Crippen MR) is 61.6 cm³/mol. The van der Waals surface area contributed by atoms with Crippen molar-refractivity contribution in [1.82, 2.24) is 10.6 Å². The van der Waals surface area contributed by atoms with Crippen LogP contribution in [0.15, 0.2) is 0 Å². The Labute approximate surface area is 100 Å². The molecule has 0 aromatic carbocycles. The Kier molecular flexibility index (Phi) is 5.76. The Hall–Kier alpha value is -1.30. The van der Waals surface area contributed by atoms with Gasteiger partial charge in [0.25, 0.3) is 0 Å². The van der Waals surface area contributed by atoms with E-state index in [1.165, 1.54) is 0 Å². The monoisotopic (exact) mass is 244 g/mol. The van der Waals surface area contributed by atoms with Crippen LogP contribution in [-0.2, 0) is 4.79 Å². The maximum atomic E-state index is 11.3. The number of nitrogens with one attached hydrogen (secondary N) is 2. The van der Waals surface area contributed by atoms with E-state index in [0.717, 1.165) is 19.3 Å². The molecule has 0 aromatic heterocycles. The Morgan fingerprint density at radius 1 is 1.24 bits per heavy atom. The lowest BCUT2D eigenvalue weighted by Gasteiger charge is -2.15. The highest BCUT2D eigenvalue weighted by Crippen LogP contribution is 2.24. The van der Waals surface area contributed by atoms with E-state index < -0.39 is 5.97 Å². The summed E-state index contributed by atoms with van der Waals surface area (Å²) >= 11 is 0. The van der Waals surface area contributed by atoms with E-state index in [1.807, 2.05) is 0 Å². The van der Waals surface area contributed by atoms with Crippen LogP contribution in [0, 0.1) is 5.92 Å². The first kappa shape index (κ1) is 13.8. The molecule has 0 aromatic rings. The first-order valence-electron chi connectivity index (χ1n) is 6.01. The molecule has 1 aliphatic carbocycles. The Balaban J connectivity index is 2.03. The number of aliphatic carboxylic acids is 1. The number of rotatable bonds is 6. The molecule has 2 amide bonds. The number of carboxylic acids is 1. The number of carbonyl (C=O) groups excluding carboxylic acids is 1. The van der Waals surface area contributed by atoms with Crippen molar-refractivity contribution in [3.63, 3.8) is 0 Å². The maximum absolute atomic E-state index is 11.3. The fraction of sp³-hybridized carbons (Fsp3) is 0.818. The van der Waals surface area contributed by atoms with Crippen molar-refractivity contribution >= 4 is 12.0 Å². The van der Waals surface area contributed by atoms with Crippen molar-refractivity contribution in [2.75, 3.05) is 13.1 Å². The van der Waals surface area contributed by atoms with Crippen molar-refractivity contribution in [2.45, 2.75) is 38.2 Å². The summed E-state index contributed by atoms with van der Waals surface area (Å²) < 4.78 is 0. The van der Waals surface area contributed by atoms with Crippen LogP contribution in [0.4, 0.5) is 4.79 Å². The Bertz CT molecular complexity index is 270. The van der Waals surface area contributed by atoms with Gasteiger partial charge in [-0.3, -0.25) is 4.79 Å². The lowest BCUT2D eigenvalue weighted by molar-refractivity contribution is -0.137. The third kappa shape index (κ3) is 5.53. The second-order valence-corrected chi connectivity index (χ2v) is 4.39. The van der Waals surface area contributed by atoms with E-state index in [1.54, 1.807) is 0 Å². The zero-order chi connectivity index (χ0) is 12.7. The summed E-state index contributed by atoms with van der Waals surface area (Å²) in [5.41, 5.74) is 0. The molecule has 6 nitrogen and oxygen atoms in total. The van der Waals surface area contributed by atoms with Crippen LogP contribution in [0.2, 0.25) is 0 Å². The van der Waals surface area contributed by atoms with Gasteiger partial charge in [0.1, 0.15) is 0 Å². The number of urea groups is 1. The molecule has 17 heavy (non-hydrogen) atoms. The van der Waals surface area contributed by atoms with Crippen LogP contribution in [0.1, 0.15) is 32.1 Å². The van der Waals surface area contributed by atoms with Gasteiger partial charge >= 0.3 is 12.0 Å². The van der Waals surface area contributed by atoms with E-state index in [4.69, 9.17) is 5.11 Å². The normalized spacial score (nSPS) is 23.4. The average Bonchev–Trinajstić information content (AvgIpc) is 2.67. The second kappa shape index (κ2) is 7.11. The lowest BCUT2D eigenvalue weighted by atomic mass is 10.1. The Morgan fingerprint density at radius 3 is 2.59 bits per heavy atom. The van der Waals surface area contributed by atoms with Crippen LogP contribution in [-0.4, -0.2) is 41.4 Å². The number of hydrogen-bond acceptors (Lipinski definition) is 3. The van der Waals surface area contributed by atoms with Crippen LogP contribution in [0.3, 0.4) is 0 Å². The van der Waals surface area contributed by atoms with Gasteiger partial charge in [0.15, 0.2) is 0 Å². The van der Waals surface area contributed by atoms with Crippen LogP contribution < -0.4 is 10.6 Å². The zero-order valence-corrected chi connectivity index (χ0v) is 9.82. The summed E-state index contributed by atoms with van der Waals surface area (Å²) in [4.78, 5) is 21.5. The molecule has 0 heterocycles. The zero-order valence-electron chi connectivity index (χ0n) is 9.82. The number of amides is 2. The molecular formula is C11H20N2O4. The van der Waals surface area contributed by atoms with Crippen molar-refractivity contribution in [3.8, 4) is 0 Å². The molecule has 1 saturated carbocycles. The predicted octanol–water partition coefficient (Wildman–Crippen LogP) is 0.311. The topological polar surface area (TPSA) is 98.7 Å². The van der Waals surface area contributed by atoms with Gasteiger partial charge < -0.3 is 20.8 Å². The van der Waals surface area contributed by atoms with E-state index in [0.29, 0.717) is 19.5 Å². The summed E-state index contributed by atoms with van der Waals surface area (Å²) in [6.07, 6.45) is 2.94. The van der Waals surface area contributed by atoms with Gasteiger partial charge in [-0.2, -0.15) is 0 Å². The summed E-state index contributed by atoms with van der Waals surface area (Å²) in [6.45, 7) is 0.831. The first-order valence-corrected chi connectivity index (χ1v) is 6.01. The SMILES string of the molecule is O=C(O)CCCNC(=O)NC[C@H]1CCC[C@@H]1O. The number of hydrogen-bond donors (Lipinski definition) is 4. The minimum atomic E-state index is -0.860. The van der Waals surface area contributed by atoms with Crippen LogP contribution in [0.5, 0.6) is 0 Å². The van der Waals surface area contributed by atoms with E-state index >= 15 is 0 Å². The molecule has 2 atom stereocenters. The molecular weight excluding hydrogens is 224 g/mol. The molecule has 1 aliphatic rings. The van der Waals surface area contributed by atoms with Gasteiger partial charge in [0, 0.05) is 25.4 Å². The second-order valence-electron chi connectivity index (χ2n) is 4.39. The van der Waals surface area contributed by atoms with Gasteiger partial charge in [0.05, 0.1) is 6.10 Å². The molecule has 0 bridgehead atoms. The highest BCUT2D eigenvalue weighted by Gasteiger charge is 2.25. The number of carboxylic acid groups (broad SMARTS) is 1. The third-order valence-corrected chi connectivity index (χ3v) is 3.00. The number of aliphatic hydroxyl groups is 1. The minimum absolute atomic E-state index is 0.0572. The van der Waals surface area contributed by atoms with Crippen molar-refractivity contribution in [1.29, 1.82) is 0 Å². The Morgan fingerprint density at radius 2 is 2.00 bits per heavy atom. The summed E-state index contributed by atoms with van der Waals surface area (Å²) in [7, 11) is 0. The molecule has 98 valence electrons. The molecule has 1 fully saturated rings. The van der Waals surface area contributed by atoms with Gasteiger partial charge in [-0.15, -0.1) is 0 Å². The summed E-state index contributed by atoms with van der Waals surface area (Å²) in [5.74, 6) is -0.707. The van der Waals surface area contributed by atoms with Gasteiger partial charge in [-0.25, -0.2) is 4.79 Å². The number of carbonyl (C=O) groups is 2. The molecule has 0 saturated heterocycles. The van der Waals surface area contributed by atoms with Gasteiger partial charge in [-0.05, 0) is 19.3 Å². The fourth-order valence-electron chi connectivity index (χ4n) is 1.98. The average molecular weight is 244 g/mol. The third-order valence-electron chi connectivity index (χ3n) is 3.00. The quantitative estimate of drug-likeness (QED) is 0.505. The molecule has 6 heteroatoms. The molecule has 0 aliphatic heterocycles. The van der Waals surface area contributed by atoms with Gasteiger partial charge in [0.2, 0.25) is 0 Å². The van der Waals surface area contributed by atoms with Crippen molar-refractivity contribution in [3.05, 3.63) is 0 Å². The molecule has 1 rings (SSSR count). The fourth-order valence-corrected chi connectivity index (χ4v) is 1.98. The molecule has 0 unspecified atom stereocenters. The lowest BCUT2D eigenvalue weighted by Crippen LogP contribution is -2.40. The van der Waals surface area contributed by atoms with Crippen molar-refractivity contribution < 1.29 is 19.8 Å². The first-order chi connectivity index (χ1) is 8.09. The maximum Gasteiger partial charge on any atom is 0.314 e. The molecule has 4 N–H and O–H groups in total. The van der Waals surface area contributed by atoms with E-state index in [9.17, 15) is 14.7 Å². The minimum Gasteiger partial charge on any atom is -0.481 e. The van der Waals surface area contributed by atoms with E-state index in [-0.39, 0.29) is 24.5 Å². The smallest absolute Gasteiger partial charge is 0.314 e. The van der Waals surface area contributed by atoms with Crippen LogP contribution >= 0.6 is 0 Å². The highest BCUT2D eigenvalue weighted by atomic mass is 16.4. The highest BCUT2D eigenvalue weighted by molar-refractivity contribution is 5.73. The number of aliphatic hydroxyl groups excluding tert-OH is 1. The molecule has 0 radical (unpaired) electrons. The van der Waals surface area contributed by atoms with Gasteiger partial charge in [-0.1, -0.05) is 6.42 Å². The van der Waals surface area contributed by atoms with Crippen LogP contribution in [0.25, 0.3) is 0 Å². The van der Waals surface area contributed by atoms with E-state index in [2.05, 4.69) is 10.6 Å².